The highest BCUT2D eigenvalue weighted by atomic mass is 32.2. The van der Waals surface area contributed by atoms with Gasteiger partial charge in [-0.05, 0) is 29.8 Å². The fourth-order valence-corrected chi connectivity index (χ4v) is 2.32. The topological polar surface area (TPSA) is 33.1 Å². The third-order valence-corrected chi connectivity index (χ3v) is 3.37. The number of pyridine rings is 1. The molecule has 4 heteroatoms. The van der Waals surface area contributed by atoms with Gasteiger partial charge in [0.05, 0.1) is 5.03 Å². The lowest BCUT2D eigenvalue weighted by Crippen LogP contribution is -1.90. The minimum atomic E-state index is -0.284. The molecule has 0 atom stereocenters. The molecule has 1 heterocycles. The van der Waals surface area contributed by atoms with E-state index in [2.05, 4.69) is 16.8 Å². The maximum Gasteiger partial charge on any atom is 0.128 e. The number of thioether (sulfide) groups is 1. The molecule has 96 valence electrons. The Morgan fingerprint density at radius 1 is 1.26 bits per heavy atom. The molecule has 1 N–H and O–H groups in total. The molecule has 0 fully saturated rings. The number of aliphatic hydroxyl groups is 1. The molecule has 2 nitrogen and oxygen atoms in total. The Hall–Kier alpha value is -1.83. The number of hydrogen-bond acceptors (Lipinski definition) is 3. The number of nitrogens with zero attached hydrogens (tertiary/aromatic N) is 1. The maximum absolute atomic E-state index is 13.8. The maximum atomic E-state index is 13.8. The Labute approximate surface area is 115 Å². The summed E-state index contributed by atoms with van der Waals surface area (Å²) in [6.07, 6.45) is 1.71. The zero-order valence-electron chi connectivity index (χ0n) is 10.1. The number of hydrogen-bond donors (Lipinski definition) is 1. The first-order valence-corrected chi connectivity index (χ1v) is 6.70. The fourth-order valence-electron chi connectivity index (χ4n) is 1.47. The van der Waals surface area contributed by atoms with Crippen LogP contribution in [-0.4, -0.2) is 16.7 Å². The van der Waals surface area contributed by atoms with Gasteiger partial charge >= 0.3 is 0 Å². The summed E-state index contributed by atoms with van der Waals surface area (Å²) in [6.45, 7) is -0.223. The van der Waals surface area contributed by atoms with Crippen molar-refractivity contribution >= 4 is 11.8 Å². The van der Waals surface area contributed by atoms with Gasteiger partial charge in [0, 0.05) is 17.5 Å². The van der Waals surface area contributed by atoms with E-state index in [1.807, 2.05) is 18.2 Å². The van der Waals surface area contributed by atoms with E-state index in [1.54, 1.807) is 18.3 Å². The zero-order chi connectivity index (χ0) is 13.5. The van der Waals surface area contributed by atoms with Gasteiger partial charge in [-0.15, -0.1) is 11.8 Å². The molecule has 0 aliphatic carbocycles. The van der Waals surface area contributed by atoms with E-state index in [0.717, 1.165) is 5.03 Å². The lowest BCUT2D eigenvalue weighted by atomic mass is 10.1. The predicted molar refractivity (Wildman–Crippen MR) is 74.2 cm³/mol. The highest BCUT2D eigenvalue weighted by Gasteiger charge is 2.04. The average molecular weight is 273 g/mol. The number of aromatic nitrogens is 1. The van der Waals surface area contributed by atoms with Gasteiger partial charge < -0.3 is 5.11 Å². The third-order valence-electron chi connectivity index (χ3n) is 2.38. The van der Waals surface area contributed by atoms with Crippen molar-refractivity contribution in [3.8, 4) is 11.8 Å². The Morgan fingerprint density at radius 2 is 2.16 bits per heavy atom. The predicted octanol–water partition coefficient (Wildman–Crippen LogP) is 2.86. The minimum Gasteiger partial charge on any atom is -0.384 e. The van der Waals surface area contributed by atoms with Crippen molar-refractivity contribution in [2.75, 3.05) is 6.61 Å². The first-order valence-electron chi connectivity index (χ1n) is 5.71. The summed E-state index contributed by atoms with van der Waals surface area (Å²) in [6, 6.07) is 10.5. The second kappa shape index (κ2) is 6.93. The van der Waals surface area contributed by atoms with Crippen molar-refractivity contribution in [1.29, 1.82) is 0 Å². The van der Waals surface area contributed by atoms with Gasteiger partial charge in [0.1, 0.15) is 12.4 Å². The molecule has 1 aromatic heterocycles. The van der Waals surface area contributed by atoms with Crippen LogP contribution in [0.25, 0.3) is 0 Å². The van der Waals surface area contributed by atoms with Gasteiger partial charge in [-0.3, -0.25) is 0 Å². The van der Waals surface area contributed by atoms with E-state index in [4.69, 9.17) is 5.11 Å². The summed E-state index contributed by atoms with van der Waals surface area (Å²) in [4.78, 5) is 4.17. The van der Waals surface area contributed by atoms with Gasteiger partial charge in [-0.2, -0.15) is 0 Å². The van der Waals surface area contributed by atoms with Crippen LogP contribution in [0.1, 0.15) is 11.1 Å². The summed E-state index contributed by atoms with van der Waals surface area (Å²) in [5.74, 6) is 5.41. The highest BCUT2D eigenvalue weighted by Crippen LogP contribution is 2.22. The summed E-state index contributed by atoms with van der Waals surface area (Å²) in [5.41, 5.74) is 1.18. The Balaban J connectivity index is 2.05. The molecule has 2 aromatic rings. The Kier molecular flexibility index (Phi) is 4.96. The molecule has 0 radical (unpaired) electrons. The van der Waals surface area contributed by atoms with Gasteiger partial charge in [0.15, 0.2) is 0 Å². The minimum absolute atomic E-state index is 0.223. The molecule has 0 saturated carbocycles. The zero-order valence-corrected chi connectivity index (χ0v) is 11.0. The second-order valence-corrected chi connectivity index (χ2v) is 4.72. The summed E-state index contributed by atoms with van der Waals surface area (Å²) in [5, 5.41) is 9.45. The van der Waals surface area contributed by atoms with Crippen LogP contribution in [0.3, 0.4) is 0 Å². The highest BCUT2D eigenvalue weighted by molar-refractivity contribution is 7.98. The molecular formula is C15H12FNOS. The molecule has 0 unspecified atom stereocenters. The SMILES string of the molecule is OCC#Cc1ccc(CSc2ccccn2)c(F)c1. The molecular weight excluding hydrogens is 261 g/mol. The van der Waals surface area contributed by atoms with E-state index in [0.29, 0.717) is 16.9 Å². The molecule has 0 bridgehead atoms. The van der Waals surface area contributed by atoms with Crippen LogP contribution in [-0.2, 0) is 5.75 Å². The van der Waals surface area contributed by atoms with Crippen LogP contribution in [0, 0.1) is 17.7 Å². The van der Waals surface area contributed by atoms with Crippen molar-refractivity contribution in [2.45, 2.75) is 10.8 Å². The normalized spacial score (nSPS) is 9.79. The lowest BCUT2D eigenvalue weighted by molar-refractivity contribution is 0.350. The van der Waals surface area contributed by atoms with Gasteiger partial charge in [0.2, 0.25) is 0 Å². The molecule has 0 spiro atoms. The summed E-state index contributed by atoms with van der Waals surface area (Å²) in [7, 11) is 0. The Bertz CT molecular complexity index is 605. The van der Waals surface area contributed by atoms with E-state index >= 15 is 0 Å². The molecule has 19 heavy (non-hydrogen) atoms. The van der Waals surface area contributed by atoms with Crippen molar-refractivity contribution in [2.24, 2.45) is 0 Å². The van der Waals surface area contributed by atoms with Crippen LogP contribution in [0.2, 0.25) is 0 Å². The third kappa shape index (κ3) is 4.09. The number of aliphatic hydroxyl groups excluding tert-OH is 1. The largest absolute Gasteiger partial charge is 0.384 e. The van der Waals surface area contributed by atoms with Gasteiger partial charge in [-0.25, -0.2) is 9.37 Å². The first kappa shape index (κ1) is 13.6. The van der Waals surface area contributed by atoms with Crippen LogP contribution in [0.4, 0.5) is 4.39 Å². The Morgan fingerprint density at radius 3 is 2.84 bits per heavy atom. The molecule has 1 aromatic carbocycles. The lowest BCUT2D eigenvalue weighted by Gasteiger charge is -2.03. The molecule has 2 rings (SSSR count). The van der Waals surface area contributed by atoms with Gasteiger partial charge in [0.25, 0.3) is 0 Å². The van der Waals surface area contributed by atoms with E-state index in [-0.39, 0.29) is 12.4 Å². The van der Waals surface area contributed by atoms with Crippen LogP contribution in [0.5, 0.6) is 0 Å². The van der Waals surface area contributed by atoms with E-state index in [9.17, 15) is 4.39 Å². The van der Waals surface area contributed by atoms with Crippen LogP contribution < -0.4 is 0 Å². The van der Waals surface area contributed by atoms with Gasteiger partial charge in [-0.1, -0.05) is 24.0 Å². The summed E-state index contributed by atoms with van der Waals surface area (Å²) < 4.78 is 13.8. The fraction of sp³-hybridized carbons (Fsp3) is 0.133. The monoisotopic (exact) mass is 273 g/mol. The first-order chi connectivity index (χ1) is 9.29. The number of rotatable bonds is 3. The van der Waals surface area contributed by atoms with Crippen molar-refractivity contribution in [3.05, 3.63) is 59.5 Å². The van der Waals surface area contributed by atoms with Crippen molar-refractivity contribution in [3.63, 3.8) is 0 Å². The smallest absolute Gasteiger partial charge is 0.128 e. The molecule has 0 amide bonds. The average Bonchev–Trinajstić information content (AvgIpc) is 2.45. The quantitative estimate of drug-likeness (QED) is 0.689. The second-order valence-electron chi connectivity index (χ2n) is 3.72. The van der Waals surface area contributed by atoms with Crippen molar-refractivity contribution < 1.29 is 9.50 Å². The van der Waals surface area contributed by atoms with E-state index < -0.39 is 0 Å². The standard InChI is InChI=1S/C15H12FNOS/c16-14-10-12(4-3-9-18)6-7-13(14)11-19-15-5-1-2-8-17-15/h1-2,5-8,10,18H,9,11H2. The summed E-state index contributed by atoms with van der Waals surface area (Å²) >= 11 is 1.48. The number of halogens is 1. The van der Waals surface area contributed by atoms with Crippen LogP contribution >= 0.6 is 11.8 Å². The van der Waals surface area contributed by atoms with Crippen molar-refractivity contribution in [1.82, 2.24) is 4.98 Å². The molecule has 0 aliphatic heterocycles. The number of benzene rings is 1. The van der Waals surface area contributed by atoms with E-state index in [1.165, 1.54) is 17.8 Å². The van der Waals surface area contributed by atoms with Crippen LogP contribution in [0.15, 0.2) is 47.6 Å². The molecule has 0 saturated heterocycles. The molecule has 0 aliphatic rings.